The minimum absolute atomic E-state index is 0.169. The number of esters is 1. The average molecular weight is 306 g/mol. The number of nitrogens with one attached hydrogen (secondary N) is 1. The summed E-state index contributed by atoms with van der Waals surface area (Å²) in [6.45, 7) is 7.03. The Morgan fingerprint density at radius 3 is 2.41 bits per heavy atom. The summed E-state index contributed by atoms with van der Waals surface area (Å²) in [5.41, 5.74) is 0.662. The Hall–Kier alpha value is -2.21. The first-order valence-electron chi connectivity index (χ1n) is 7.28. The molecule has 1 amide bonds. The summed E-state index contributed by atoms with van der Waals surface area (Å²) in [7, 11) is 1.52. The van der Waals surface area contributed by atoms with Crippen molar-refractivity contribution < 1.29 is 19.1 Å². The first-order valence-corrected chi connectivity index (χ1v) is 7.28. The van der Waals surface area contributed by atoms with Crippen LogP contribution < -0.4 is 10.2 Å². The summed E-state index contributed by atoms with van der Waals surface area (Å²) < 4.78 is 5.11. The van der Waals surface area contributed by atoms with Gasteiger partial charge in [0.15, 0.2) is 5.78 Å². The molecule has 1 aromatic carbocycles. The molecule has 2 atom stereocenters. The normalized spacial score (nSPS) is 18.4. The molecule has 0 spiro atoms. The van der Waals surface area contributed by atoms with Crippen molar-refractivity contribution in [1.29, 1.82) is 0 Å². The van der Waals surface area contributed by atoms with E-state index in [0.29, 0.717) is 5.69 Å². The summed E-state index contributed by atoms with van der Waals surface area (Å²) in [6.07, 6.45) is -1.10. The standard InChI is InChI=1S/C14H16N2O4.C2H6/c1-8(9(2)17)16-11-7-5-4-6-10(11)14(19)20-12(15-3)13(16)18;1-2/h4-8,12,15H,1-3H3;1-2H3. The van der Waals surface area contributed by atoms with Gasteiger partial charge in [0.05, 0.1) is 17.3 Å². The molecule has 120 valence electrons. The zero-order valence-electron chi connectivity index (χ0n) is 13.5. The summed E-state index contributed by atoms with van der Waals surface area (Å²) in [6, 6.07) is 5.92. The van der Waals surface area contributed by atoms with Gasteiger partial charge < -0.3 is 4.74 Å². The third-order valence-electron chi connectivity index (χ3n) is 3.31. The van der Waals surface area contributed by atoms with E-state index in [-0.39, 0.29) is 11.3 Å². The van der Waals surface area contributed by atoms with Crippen molar-refractivity contribution in [1.82, 2.24) is 5.32 Å². The molecule has 1 aliphatic rings. The van der Waals surface area contributed by atoms with Gasteiger partial charge in [0.2, 0.25) is 6.23 Å². The summed E-state index contributed by atoms with van der Waals surface area (Å²) in [5.74, 6) is -1.22. The highest BCUT2D eigenvalue weighted by Gasteiger charge is 2.38. The lowest BCUT2D eigenvalue weighted by atomic mass is 10.1. The summed E-state index contributed by atoms with van der Waals surface area (Å²) in [5, 5.41) is 2.64. The van der Waals surface area contributed by atoms with Gasteiger partial charge in [-0.2, -0.15) is 0 Å². The molecule has 6 nitrogen and oxygen atoms in total. The molecule has 22 heavy (non-hydrogen) atoms. The molecule has 2 unspecified atom stereocenters. The minimum Gasteiger partial charge on any atom is -0.433 e. The van der Waals surface area contributed by atoms with Crippen LogP contribution in [0.4, 0.5) is 5.69 Å². The molecule has 1 N–H and O–H groups in total. The molecule has 6 heteroatoms. The van der Waals surface area contributed by atoms with E-state index in [1.807, 2.05) is 13.8 Å². The maximum absolute atomic E-state index is 12.5. The molecule has 1 heterocycles. The molecule has 0 saturated heterocycles. The number of Topliss-reactive ketones (excluding diaryl/α,β-unsaturated/α-hetero) is 1. The van der Waals surface area contributed by atoms with Crippen molar-refractivity contribution in [3.63, 3.8) is 0 Å². The molecule has 0 saturated carbocycles. The largest absolute Gasteiger partial charge is 0.433 e. The number of hydrogen-bond acceptors (Lipinski definition) is 5. The van der Waals surface area contributed by atoms with Gasteiger partial charge in [-0.05, 0) is 33.0 Å². The Morgan fingerprint density at radius 1 is 1.27 bits per heavy atom. The fourth-order valence-electron chi connectivity index (χ4n) is 2.09. The molecular weight excluding hydrogens is 284 g/mol. The predicted octanol–water partition coefficient (Wildman–Crippen LogP) is 1.74. The summed E-state index contributed by atoms with van der Waals surface area (Å²) >= 11 is 0. The monoisotopic (exact) mass is 306 g/mol. The number of rotatable bonds is 3. The van der Waals surface area contributed by atoms with Crippen LogP contribution in [0.15, 0.2) is 24.3 Å². The Balaban J connectivity index is 0.00000116. The van der Waals surface area contributed by atoms with Crippen LogP contribution in [-0.2, 0) is 14.3 Å². The molecule has 0 aromatic heterocycles. The number of ketones is 1. The molecule has 0 radical (unpaired) electrons. The second-order valence-electron chi connectivity index (χ2n) is 4.59. The highest BCUT2D eigenvalue weighted by molar-refractivity contribution is 6.10. The van der Waals surface area contributed by atoms with E-state index in [4.69, 9.17) is 4.74 Å². The smallest absolute Gasteiger partial charge is 0.342 e. The second-order valence-corrected chi connectivity index (χ2v) is 4.59. The number of cyclic esters (lactones) is 1. The van der Waals surface area contributed by atoms with Crippen molar-refractivity contribution in [2.24, 2.45) is 0 Å². The van der Waals surface area contributed by atoms with Crippen LogP contribution in [0, 0.1) is 0 Å². The van der Waals surface area contributed by atoms with Gasteiger partial charge in [-0.3, -0.25) is 19.8 Å². The molecule has 2 rings (SSSR count). The molecule has 0 fully saturated rings. The Morgan fingerprint density at radius 2 is 1.86 bits per heavy atom. The summed E-state index contributed by atoms with van der Waals surface area (Å²) in [4.78, 5) is 37.5. The van der Waals surface area contributed by atoms with Crippen LogP contribution in [0.2, 0.25) is 0 Å². The fraction of sp³-hybridized carbons (Fsp3) is 0.438. The van der Waals surface area contributed by atoms with Crippen molar-refractivity contribution in [3.05, 3.63) is 29.8 Å². The lowest BCUT2D eigenvalue weighted by molar-refractivity contribution is -0.130. The van der Waals surface area contributed by atoms with Crippen LogP contribution in [0.5, 0.6) is 0 Å². The maximum atomic E-state index is 12.5. The van der Waals surface area contributed by atoms with Gasteiger partial charge >= 0.3 is 5.97 Å². The fourth-order valence-corrected chi connectivity index (χ4v) is 2.09. The number of carbonyl (C=O) groups is 3. The van der Waals surface area contributed by atoms with Gasteiger partial charge in [-0.1, -0.05) is 26.0 Å². The van der Waals surface area contributed by atoms with E-state index in [1.165, 1.54) is 18.9 Å². The van der Waals surface area contributed by atoms with Gasteiger partial charge in [0, 0.05) is 0 Å². The zero-order chi connectivity index (χ0) is 16.9. The molecule has 1 aromatic rings. The molecule has 1 aliphatic heterocycles. The van der Waals surface area contributed by atoms with E-state index in [0.717, 1.165) is 0 Å². The van der Waals surface area contributed by atoms with Crippen LogP contribution in [0.25, 0.3) is 0 Å². The van der Waals surface area contributed by atoms with Crippen LogP contribution in [-0.4, -0.2) is 37.0 Å². The number of nitrogens with zero attached hydrogens (tertiary/aromatic N) is 1. The van der Waals surface area contributed by atoms with Crippen molar-refractivity contribution in [3.8, 4) is 0 Å². The van der Waals surface area contributed by atoms with E-state index in [9.17, 15) is 14.4 Å². The van der Waals surface area contributed by atoms with Crippen molar-refractivity contribution >= 4 is 23.3 Å². The predicted molar refractivity (Wildman–Crippen MR) is 83.7 cm³/mol. The van der Waals surface area contributed by atoms with Crippen molar-refractivity contribution in [2.75, 3.05) is 11.9 Å². The highest BCUT2D eigenvalue weighted by Crippen LogP contribution is 2.27. The lowest BCUT2D eigenvalue weighted by Crippen LogP contribution is -2.51. The minimum atomic E-state index is -1.10. The zero-order valence-corrected chi connectivity index (χ0v) is 13.5. The van der Waals surface area contributed by atoms with Crippen molar-refractivity contribution in [2.45, 2.75) is 40.0 Å². The van der Waals surface area contributed by atoms with Crippen LogP contribution >= 0.6 is 0 Å². The maximum Gasteiger partial charge on any atom is 0.342 e. The Labute approximate surface area is 130 Å². The highest BCUT2D eigenvalue weighted by atomic mass is 16.6. The Kier molecular flexibility index (Phi) is 6.24. The van der Waals surface area contributed by atoms with Crippen LogP contribution in [0.3, 0.4) is 0 Å². The number of benzene rings is 1. The third-order valence-corrected chi connectivity index (χ3v) is 3.31. The Bertz CT molecular complexity index is 571. The van der Waals surface area contributed by atoms with Gasteiger partial charge in [0.1, 0.15) is 0 Å². The quantitative estimate of drug-likeness (QED) is 0.861. The van der Waals surface area contributed by atoms with Gasteiger partial charge in [0.25, 0.3) is 5.91 Å². The number of amides is 1. The number of carbonyl (C=O) groups excluding carboxylic acids is 3. The van der Waals surface area contributed by atoms with Gasteiger partial charge in [-0.15, -0.1) is 0 Å². The van der Waals surface area contributed by atoms with E-state index in [2.05, 4.69) is 5.32 Å². The number of para-hydroxylation sites is 1. The third kappa shape index (κ3) is 3.33. The number of hydrogen-bond donors (Lipinski definition) is 1. The number of anilines is 1. The molecule has 0 aliphatic carbocycles. The van der Waals surface area contributed by atoms with E-state index >= 15 is 0 Å². The lowest BCUT2D eigenvalue weighted by Gasteiger charge is -2.28. The second kappa shape index (κ2) is 7.70. The molecule has 0 bridgehead atoms. The van der Waals surface area contributed by atoms with Gasteiger partial charge in [-0.25, -0.2) is 4.79 Å². The first-order chi connectivity index (χ1) is 10.5. The topological polar surface area (TPSA) is 75.7 Å². The first kappa shape index (κ1) is 17.8. The number of ether oxygens (including phenoxy) is 1. The molecular formula is C16H22N2O4. The SMILES string of the molecule is CC.CNC1OC(=O)c2ccccc2N(C(C)C(C)=O)C1=O. The number of fused-ring (bicyclic) bond motifs is 1. The van der Waals surface area contributed by atoms with Crippen LogP contribution in [0.1, 0.15) is 38.1 Å². The van der Waals surface area contributed by atoms with E-state index in [1.54, 1.807) is 31.2 Å². The van der Waals surface area contributed by atoms with E-state index < -0.39 is 24.1 Å². The average Bonchev–Trinajstić information content (AvgIpc) is 2.64. The number of likely N-dealkylation sites (N-methyl/N-ethyl adjacent to an activating group) is 1.